The lowest BCUT2D eigenvalue weighted by molar-refractivity contribution is -0.139. The summed E-state index contributed by atoms with van der Waals surface area (Å²) in [5.74, 6) is -0.346. The first kappa shape index (κ1) is 23.0. The zero-order chi connectivity index (χ0) is 18.3. The molecule has 0 aromatic carbocycles. The highest BCUT2D eigenvalue weighted by Gasteiger charge is 2.45. The van der Waals surface area contributed by atoms with Crippen LogP contribution in [0.25, 0.3) is 0 Å². The van der Waals surface area contributed by atoms with Crippen molar-refractivity contribution in [2.75, 3.05) is 6.61 Å². The molecule has 0 aliphatic carbocycles. The molecule has 0 amide bonds. The summed E-state index contributed by atoms with van der Waals surface area (Å²) in [6.07, 6.45) is 0.692. The van der Waals surface area contributed by atoms with E-state index in [4.69, 9.17) is 17.1 Å². The molecule has 0 heterocycles. The number of carbonyl (C=O) groups excluding carboxylic acids is 1. The van der Waals surface area contributed by atoms with Gasteiger partial charge in [-0.15, -0.1) is 0 Å². The molecule has 9 heteroatoms. The quantitative estimate of drug-likeness (QED) is 0.233. The average Bonchev–Trinajstić information content (AvgIpc) is 2.29. The lowest BCUT2D eigenvalue weighted by Crippen LogP contribution is -2.56. The molecule has 0 aliphatic rings. The van der Waals surface area contributed by atoms with E-state index in [1.165, 1.54) is 0 Å². The number of esters is 1. The molecule has 0 bridgehead atoms. The Morgan fingerprint density at radius 3 is 1.87 bits per heavy atom. The molecule has 0 aliphatic heterocycles. The van der Waals surface area contributed by atoms with E-state index >= 15 is 0 Å². The first-order valence-corrected chi connectivity index (χ1v) is 19.2. The second kappa shape index (κ2) is 10.1. The van der Waals surface area contributed by atoms with E-state index in [9.17, 15) is 4.79 Å². The van der Waals surface area contributed by atoms with Crippen LogP contribution in [0.4, 0.5) is 0 Å². The van der Waals surface area contributed by atoms with Crippen molar-refractivity contribution in [3.63, 3.8) is 0 Å². The Morgan fingerprint density at radius 1 is 1.04 bits per heavy atom. The second-order valence-electron chi connectivity index (χ2n) is 7.25. The Balaban J connectivity index is 4.92. The molecule has 23 heavy (non-hydrogen) atoms. The Bertz CT molecular complexity index is 383. The average molecular weight is 395 g/mol. The molecule has 0 fully saturated rings. The predicted octanol–water partition coefficient (Wildman–Crippen LogP) is 3.29. The number of carbonyl (C=O) groups is 1. The Morgan fingerprint density at radius 2 is 1.52 bits per heavy atom. The summed E-state index contributed by atoms with van der Waals surface area (Å²) < 4.78 is 24.3. The third-order valence-electron chi connectivity index (χ3n) is 2.50. The highest BCUT2D eigenvalue weighted by Crippen LogP contribution is 2.25. The first-order valence-electron chi connectivity index (χ1n) is 8.25. The van der Waals surface area contributed by atoms with Crippen molar-refractivity contribution < 1.29 is 21.9 Å². The largest absolute Gasteiger partial charge is 0.469 e. The van der Waals surface area contributed by atoms with Gasteiger partial charge >= 0.3 is 14.8 Å². The number of hydrogen-bond donors (Lipinski definition) is 0. The van der Waals surface area contributed by atoms with Gasteiger partial charge in [0.2, 0.25) is 0 Å². The van der Waals surface area contributed by atoms with E-state index in [1.54, 1.807) is 6.92 Å². The van der Waals surface area contributed by atoms with E-state index in [-0.39, 0.29) is 5.97 Å². The molecule has 0 saturated heterocycles. The van der Waals surface area contributed by atoms with Crippen LogP contribution in [0.2, 0.25) is 51.9 Å². The van der Waals surface area contributed by atoms with Gasteiger partial charge in [0.25, 0.3) is 0 Å². The molecule has 0 saturated carbocycles. The summed E-state index contributed by atoms with van der Waals surface area (Å²) in [6.45, 7) is 20.6. The summed E-state index contributed by atoms with van der Waals surface area (Å²) in [5, 5.41) is 0. The van der Waals surface area contributed by atoms with Crippen molar-refractivity contribution in [1.29, 1.82) is 0 Å². The van der Waals surface area contributed by atoms with E-state index in [1.807, 2.05) is 0 Å². The minimum absolute atomic E-state index is 0.346. The van der Waals surface area contributed by atoms with Gasteiger partial charge in [-0.25, -0.2) is 4.79 Å². The molecule has 0 N–H and O–H groups in total. The fraction of sp³-hybridized carbons (Fsp3) is 0.786. The molecule has 0 unspecified atom stereocenters. The van der Waals surface area contributed by atoms with Crippen LogP contribution in [0.3, 0.4) is 0 Å². The van der Waals surface area contributed by atoms with E-state index in [0.29, 0.717) is 24.6 Å². The summed E-state index contributed by atoms with van der Waals surface area (Å²) in [4.78, 5) is 11.5. The normalized spacial score (nSPS) is 12.8. The van der Waals surface area contributed by atoms with Crippen molar-refractivity contribution in [2.24, 2.45) is 0 Å². The monoisotopic (exact) mass is 394 g/mol. The topological polar surface area (TPSA) is 54.0 Å². The Hall–Kier alpha value is -0.0425. The van der Waals surface area contributed by atoms with E-state index < -0.39 is 35.2 Å². The van der Waals surface area contributed by atoms with Gasteiger partial charge in [0.05, 0.1) is 6.61 Å². The first-order chi connectivity index (χ1) is 10.4. The maximum Gasteiger partial charge on any atom is 0.469 e. The van der Waals surface area contributed by atoms with Gasteiger partial charge in [-0.05, 0) is 59.2 Å². The zero-order valence-corrected chi connectivity index (χ0v) is 20.3. The van der Waals surface area contributed by atoms with Gasteiger partial charge < -0.3 is 17.1 Å². The maximum absolute atomic E-state index is 11.5. The molecular formula is C14H34O5Si4. The minimum atomic E-state index is -2.68. The molecule has 0 rings (SSSR count). The fourth-order valence-corrected chi connectivity index (χ4v) is 15.4. The van der Waals surface area contributed by atoms with Crippen LogP contribution < -0.4 is 0 Å². The maximum atomic E-state index is 11.5. The van der Waals surface area contributed by atoms with Crippen LogP contribution in [0, 0.1) is 0 Å². The molecule has 136 valence electrons. The van der Waals surface area contributed by atoms with Gasteiger partial charge in [-0.1, -0.05) is 6.58 Å². The summed E-state index contributed by atoms with van der Waals surface area (Å²) in [5.41, 5.74) is 0.420. The lowest BCUT2D eigenvalue weighted by atomic mass is 10.4. The van der Waals surface area contributed by atoms with Crippen molar-refractivity contribution in [1.82, 2.24) is 0 Å². The van der Waals surface area contributed by atoms with Crippen LogP contribution in [0.15, 0.2) is 12.2 Å². The van der Waals surface area contributed by atoms with Crippen molar-refractivity contribution in [3.05, 3.63) is 12.2 Å². The fourth-order valence-electron chi connectivity index (χ4n) is 2.01. The summed E-state index contributed by atoms with van der Waals surface area (Å²) in [6, 6.07) is 0.705. The SMILES string of the molecule is C=C(C)C(=O)OCCC[Si](O[SiH](C)C)(O[SiH](C)C)O[Si](C)(C)C. The Kier molecular flexibility index (Phi) is 10.0. The molecule has 0 aromatic rings. The van der Waals surface area contributed by atoms with Crippen molar-refractivity contribution in [3.8, 4) is 0 Å². The standard InChI is InChI=1S/C14H34O5Si4/c1-13(2)14(15)16-11-10-12-23(17-20(3)4,18-21(5)6)19-22(7,8)9/h20-21H,1,10-12H2,2-9H3. The summed E-state index contributed by atoms with van der Waals surface area (Å²) >= 11 is 0. The minimum Gasteiger partial charge on any atom is -0.462 e. The predicted molar refractivity (Wildman–Crippen MR) is 105 cm³/mol. The molecular weight excluding hydrogens is 360 g/mol. The summed E-state index contributed by atoms with van der Waals surface area (Å²) in [7, 11) is -7.07. The molecule has 0 atom stereocenters. The third-order valence-corrected chi connectivity index (χ3v) is 13.8. The van der Waals surface area contributed by atoms with E-state index in [2.05, 4.69) is 52.4 Å². The second-order valence-corrected chi connectivity index (χ2v) is 20.2. The lowest BCUT2D eigenvalue weighted by Gasteiger charge is -2.38. The van der Waals surface area contributed by atoms with Gasteiger partial charge in [0.15, 0.2) is 26.4 Å². The van der Waals surface area contributed by atoms with Gasteiger partial charge in [-0.3, -0.25) is 0 Å². The van der Waals surface area contributed by atoms with Crippen LogP contribution >= 0.6 is 0 Å². The van der Waals surface area contributed by atoms with Crippen LogP contribution in [-0.4, -0.2) is 47.8 Å². The molecule has 0 aromatic heterocycles. The molecule has 5 nitrogen and oxygen atoms in total. The van der Waals surface area contributed by atoms with Crippen LogP contribution in [0.1, 0.15) is 13.3 Å². The van der Waals surface area contributed by atoms with Gasteiger partial charge in [0.1, 0.15) is 0 Å². The third kappa shape index (κ3) is 11.2. The Labute approximate surface area is 147 Å². The van der Waals surface area contributed by atoms with Crippen LogP contribution in [0.5, 0.6) is 0 Å². The highest BCUT2D eigenvalue weighted by atomic mass is 28.5. The smallest absolute Gasteiger partial charge is 0.462 e. The van der Waals surface area contributed by atoms with Crippen molar-refractivity contribution in [2.45, 2.75) is 65.2 Å². The number of rotatable bonds is 11. The molecule has 0 radical (unpaired) electrons. The van der Waals surface area contributed by atoms with Crippen molar-refractivity contribution >= 4 is 41.2 Å². The zero-order valence-electron chi connectivity index (χ0n) is 16.0. The number of hydrogen-bond acceptors (Lipinski definition) is 5. The van der Waals surface area contributed by atoms with Gasteiger partial charge in [0, 0.05) is 11.6 Å². The number of ether oxygens (including phenoxy) is 1. The van der Waals surface area contributed by atoms with Gasteiger partial charge in [-0.2, -0.15) is 0 Å². The molecule has 0 spiro atoms. The highest BCUT2D eigenvalue weighted by molar-refractivity contribution is 6.84. The van der Waals surface area contributed by atoms with E-state index in [0.717, 1.165) is 0 Å². The van der Waals surface area contributed by atoms with Crippen LogP contribution in [-0.2, 0) is 21.9 Å².